The third kappa shape index (κ3) is 6.68. The molecule has 0 amide bonds. The Balaban J connectivity index is 2.11. The number of phenols is 1. The van der Waals surface area contributed by atoms with Gasteiger partial charge in [0.15, 0.2) is 0 Å². The Hall–Kier alpha value is -2.40. The van der Waals surface area contributed by atoms with Crippen molar-refractivity contribution in [3.05, 3.63) is 53.6 Å². The van der Waals surface area contributed by atoms with Gasteiger partial charge in [0.05, 0.1) is 12.3 Å². The van der Waals surface area contributed by atoms with E-state index in [0.29, 0.717) is 12.2 Å². The van der Waals surface area contributed by atoms with Gasteiger partial charge in [-0.25, -0.2) is 4.79 Å². The highest BCUT2D eigenvalue weighted by Crippen LogP contribution is 2.35. The van der Waals surface area contributed by atoms with Crippen LogP contribution >= 0.6 is 11.8 Å². The van der Waals surface area contributed by atoms with Crippen molar-refractivity contribution in [1.29, 1.82) is 0 Å². The number of aromatic hydroxyl groups is 1. The van der Waals surface area contributed by atoms with Crippen LogP contribution in [0.3, 0.4) is 0 Å². The second kappa shape index (κ2) is 10.7. The molecule has 0 saturated heterocycles. The lowest BCUT2D eigenvalue weighted by Crippen LogP contribution is -1.98. The number of rotatable bonds is 9. The SMILES string of the molecule is CCCCCc1ccc(Sc2cc(N)c(O)c(C=CC(=O)OCC)c2)cc1. The van der Waals surface area contributed by atoms with Gasteiger partial charge in [-0.2, -0.15) is 0 Å². The molecule has 2 rings (SSSR count). The van der Waals surface area contributed by atoms with Crippen LogP contribution in [0.5, 0.6) is 5.75 Å². The third-order valence-electron chi connectivity index (χ3n) is 4.06. The van der Waals surface area contributed by atoms with Crippen LogP contribution in [0.2, 0.25) is 0 Å². The molecular formula is C22H27NO3S. The molecule has 2 aromatic carbocycles. The Morgan fingerprint density at radius 3 is 2.56 bits per heavy atom. The second-order valence-corrected chi connectivity index (χ2v) is 7.39. The third-order valence-corrected chi connectivity index (χ3v) is 5.04. The molecule has 0 fully saturated rings. The molecule has 0 aliphatic carbocycles. The van der Waals surface area contributed by atoms with E-state index >= 15 is 0 Å². The van der Waals surface area contributed by atoms with Crippen molar-refractivity contribution in [2.45, 2.75) is 49.3 Å². The maximum absolute atomic E-state index is 11.5. The van der Waals surface area contributed by atoms with Crippen LogP contribution < -0.4 is 5.73 Å². The molecule has 0 aliphatic rings. The van der Waals surface area contributed by atoms with Gasteiger partial charge in [0.2, 0.25) is 0 Å². The Bertz CT molecular complexity index is 785. The van der Waals surface area contributed by atoms with Crippen molar-refractivity contribution in [3.8, 4) is 5.75 Å². The number of carbonyl (C=O) groups is 1. The van der Waals surface area contributed by atoms with E-state index in [1.165, 1.54) is 37.0 Å². The van der Waals surface area contributed by atoms with E-state index < -0.39 is 5.97 Å². The molecule has 0 spiro atoms. The summed E-state index contributed by atoms with van der Waals surface area (Å²) in [7, 11) is 0. The molecule has 0 aromatic heterocycles. The first-order valence-corrected chi connectivity index (χ1v) is 10.1. The first kappa shape index (κ1) is 20.9. The minimum Gasteiger partial charge on any atom is -0.505 e. The molecule has 27 heavy (non-hydrogen) atoms. The van der Waals surface area contributed by atoms with Gasteiger partial charge in [-0.15, -0.1) is 0 Å². The van der Waals surface area contributed by atoms with Crippen LogP contribution in [0.25, 0.3) is 6.08 Å². The lowest BCUT2D eigenvalue weighted by atomic mass is 10.1. The fourth-order valence-corrected chi connectivity index (χ4v) is 3.54. The lowest BCUT2D eigenvalue weighted by molar-refractivity contribution is -0.137. The van der Waals surface area contributed by atoms with E-state index in [0.717, 1.165) is 16.2 Å². The van der Waals surface area contributed by atoms with Crippen molar-refractivity contribution < 1.29 is 14.6 Å². The quantitative estimate of drug-likeness (QED) is 0.198. The Morgan fingerprint density at radius 2 is 1.89 bits per heavy atom. The number of carbonyl (C=O) groups excluding carboxylic acids is 1. The van der Waals surface area contributed by atoms with Gasteiger partial charge in [-0.05, 0) is 55.7 Å². The molecule has 144 valence electrons. The van der Waals surface area contributed by atoms with Crippen molar-refractivity contribution in [3.63, 3.8) is 0 Å². The number of hydrogen-bond acceptors (Lipinski definition) is 5. The number of phenolic OH excluding ortho intramolecular Hbond substituents is 1. The van der Waals surface area contributed by atoms with E-state index in [1.54, 1.807) is 30.8 Å². The molecule has 3 N–H and O–H groups in total. The van der Waals surface area contributed by atoms with Crippen molar-refractivity contribution in [1.82, 2.24) is 0 Å². The van der Waals surface area contributed by atoms with Gasteiger partial charge in [0, 0.05) is 21.4 Å². The minimum absolute atomic E-state index is 0.0360. The number of anilines is 1. The smallest absolute Gasteiger partial charge is 0.330 e. The van der Waals surface area contributed by atoms with Crippen LogP contribution in [0.1, 0.15) is 44.2 Å². The number of ether oxygens (including phenoxy) is 1. The zero-order valence-electron chi connectivity index (χ0n) is 15.9. The summed E-state index contributed by atoms with van der Waals surface area (Å²) in [6, 6.07) is 12.1. The largest absolute Gasteiger partial charge is 0.505 e. The van der Waals surface area contributed by atoms with Gasteiger partial charge in [-0.1, -0.05) is 43.7 Å². The highest BCUT2D eigenvalue weighted by molar-refractivity contribution is 7.99. The molecule has 4 nitrogen and oxygen atoms in total. The van der Waals surface area contributed by atoms with E-state index in [1.807, 2.05) is 0 Å². The zero-order valence-corrected chi connectivity index (χ0v) is 16.7. The summed E-state index contributed by atoms with van der Waals surface area (Å²) in [6.07, 6.45) is 7.61. The van der Waals surface area contributed by atoms with Crippen molar-refractivity contribution >= 4 is 29.5 Å². The molecule has 0 saturated carbocycles. The Morgan fingerprint density at radius 1 is 1.15 bits per heavy atom. The first-order chi connectivity index (χ1) is 13.0. The highest BCUT2D eigenvalue weighted by atomic mass is 32.2. The highest BCUT2D eigenvalue weighted by Gasteiger charge is 2.08. The molecule has 0 heterocycles. The Labute approximate surface area is 165 Å². The van der Waals surface area contributed by atoms with E-state index in [4.69, 9.17) is 10.5 Å². The molecular weight excluding hydrogens is 358 g/mol. The van der Waals surface area contributed by atoms with E-state index in [9.17, 15) is 9.90 Å². The van der Waals surface area contributed by atoms with Crippen LogP contribution in [0.15, 0.2) is 52.3 Å². The van der Waals surface area contributed by atoms with Gasteiger partial charge in [0.25, 0.3) is 0 Å². The summed E-state index contributed by atoms with van der Waals surface area (Å²) in [5, 5.41) is 10.1. The predicted molar refractivity (Wildman–Crippen MR) is 112 cm³/mol. The number of hydrogen-bond donors (Lipinski definition) is 2. The molecule has 0 atom stereocenters. The topological polar surface area (TPSA) is 72.5 Å². The summed E-state index contributed by atoms with van der Waals surface area (Å²) < 4.78 is 4.86. The van der Waals surface area contributed by atoms with Crippen LogP contribution in [-0.4, -0.2) is 17.7 Å². The maximum atomic E-state index is 11.5. The standard InChI is InChI=1S/C22H27NO3S/c1-3-5-6-7-16-8-11-18(12-9-16)27-19-14-17(22(25)20(23)15-19)10-13-21(24)26-4-2/h8-15,25H,3-7,23H2,1-2H3. The lowest BCUT2D eigenvalue weighted by Gasteiger charge is -2.09. The predicted octanol–water partition coefficient (Wildman–Crippen LogP) is 5.43. The number of benzene rings is 2. The Kier molecular flexibility index (Phi) is 8.27. The molecule has 2 aromatic rings. The number of nitrogen functional groups attached to an aromatic ring is 1. The number of aryl methyl sites for hydroxylation is 1. The average Bonchev–Trinajstić information content (AvgIpc) is 2.65. The van der Waals surface area contributed by atoms with Gasteiger partial charge in [0.1, 0.15) is 5.75 Å². The second-order valence-electron chi connectivity index (χ2n) is 6.24. The normalized spacial score (nSPS) is 11.0. The molecule has 0 unspecified atom stereocenters. The average molecular weight is 386 g/mol. The van der Waals surface area contributed by atoms with Crippen LogP contribution in [0, 0.1) is 0 Å². The summed E-state index contributed by atoms with van der Waals surface area (Å²) in [5.74, 6) is -0.488. The zero-order chi connectivity index (χ0) is 19.6. The van der Waals surface area contributed by atoms with Crippen molar-refractivity contribution in [2.75, 3.05) is 12.3 Å². The van der Waals surface area contributed by atoms with Gasteiger partial charge >= 0.3 is 5.97 Å². The van der Waals surface area contributed by atoms with Crippen LogP contribution in [0.4, 0.5) is 5.69 Å². The first-order valence-electron chi connectivity index (χ1n) is 9.27. The van der Waals surface area contributed by atoms with Gasteiger partial charge < -0.3 is 15.6 Å². The maximum Gasteiger partial charge on any atom is 0.330 e. The number of unbranched alkanes of at least 4 members (excludes halogenated alkanes) is 2. The van der Waals surface area contributed by atoms with Crippen molar-refractivity contribution in [2.24, 2.45) is 0 Å². The van der Waals surface area contributed by atoms with Crippen LogP contribution in [-0.2, 0) is 16.0 Å². The minimum atomic E-state index is -0.452. The summed E-state index contributed by atoms with van der Waals surface area (Å²) in [5.41, 5.74) is 8.03. The van der Waals surface area contributed by atoms with E-state index in [-0.39, 0.29) is 11.4 Å². The number of esters is 1. The fraction of sp³-hybridized carbons (Fsp3) is 0.318. The molecule has 0 aliphatic heterocycles. The monoisotopic (exact) mass is 385 g/mol. The molecule has 0 bridgehead atoms. The summed E-state index contributed by atoms with van der Waals surface area (Å²) in [6.45, 7) is 4.26. The van der Waals surface area contributed by atoms with Gasteiger partial charge in [-0.3, -0.25) is 0 Å². The molecule has 5 heteroatoms. The molecule has 0 radical (unpaired) electrons. The summed E-state index contributed by atoms with van der Waals surface area (Å²) in [4.78, 5) is 13.5. The fourth-order valence-electron chi connectivity index (χ4n) is 2.63. The number of nitrogens with two attached hydrogens (primary N) is 1. The van der Waals surface area contributed by atoms with E-state index in [2.05, 4.69) is 31.2 Å². The summed E-state index contributed by atoms with van der Waals surface area (Å²) >= 11 is 1.57.